The maximum Gasteiger partial charge on any atom is 0.242 e. The highest BCUT2D eigenvalue weighted by molar-refractivity contribution is 5.86. The predicted octanol–water partition coefficient (Wildman–Crippen LogP) is 1.17. The van der Waals surface area contributed by atoms with Crippen LogP contribution in [0.4, 0.5) is 10.1 Å². The van der Waals surface area contributed by atoms with Gasteiger partial charge in [-0.1, -0.05) is 6.07 Å². The quantitative estimate of drug-likeness (QED) is 0.829. The zero-order valence-corrected chi connectivity index (χ0v) is 10.6. The predicted molar refractivity (Wildman–Crippen MR) is 68.8 cm³/mol. The molecule has 1 amide bonds. The van der Waals surface area contributed by atoms with Crippen molar-refractivity contribution in [2.75, 3.05) is 18.0 Å². The molecule has 0 aliphatic carbocycles. The van der Waals surface area contributed by atoms with Crippen LogP contribution in [0.1, 0.15) is 25.5 Å². The number of nitrogens with two attached hydrogens (primary N) is 1. The smallest absolute Gasteiger partial charge is 0.242 e. The molecule has 1 aromatic rings. The summed E-state index contributed by atoms with van der Waals surface area (Å²) in [4.78, 5) is 13.6. The summed E-state index contributed by atoms with van der Waals surface area (Å²) in [5, 5.41) is 2.79. The zero-order valence-electron chi connectivity index (χ0n) is 10.6. The van der Waals surface area contributed by atoms with E-state index in [9.17, 15) is 9.18 Å². The SMILES string of the molecule is CC1C(=O)NCCN1c1cccc(F)c1[C@@H](C)N. The summed E-state index contributed by atoms with van der Waals surface area (Å²) >= 11 is 0. The number of nitrogens with one attached hydrogen (secondary N) is 1. The Morgan fingerprint density at radius 2 is 2.28 bits per heavy atom. The first kappa shape index (κ1) is 12.8. The second-order valence-corrected chi connectivity index (χ2v) is 4.62. The van der Waals surface area contributed by atoms with Crippen LogP contribution in [0.2, 0.25) is 0 Å². The molecule has 98 valence electrons. The number of anilines is 1. The number of halogens is 1. The summed E-state index contributed by atoms with van der Waals surface area (Å²) in [6, 6.07) is 4.15. The van der Waals surface area contributed by atoms with Gasteiger partial charge in [-0.15, -0.1) is 0 Å². The molecule has 4 nitrogen and oxygen atoms in total. The number of nitrogens with zero attached hydrogens (tertiary/aromatic N) is 1. The van der Waals surface area contributed by atoms with E-state index in [1.807, 2.05) is 17.9 Å². The van der Waals surface area contributed by atoms with E-state index in [4.69, 9.17) is 5.73 Å². The van der Waals surface area contributed by atoms with Crippen molar-refractivity contribution in [1.29, 1.82) is 0 Å². The van der Waals surface area contributed by atoms with Crippen LogP contribution >= 0.6 is 0 Å². The van der Waals surface area contributed by atoms with Crippen molar-refractivity contribution in [3.05, 3.63) is 29.6 Å². The van der Waals surface area contributed by atoms with Crippen molar-refractivity contribution in [2.24, 2.45) is 5.73 Å². The molecule has 2 atom stereocenters. The average Bonchev–Trinajstić information content (AvgIpc) is 2.32. The average molecular weight is 251 g/mol. The van der Waals surface area contributed by atoms with Gasteiger partial charge in [0.2, 0.25) is 5.91 Å². The van der Waals surface area contributed by atoms with Gasteiger partial charge in [0.05, 0.1) is 0 Å². The molecule has 1 aliphatic rings. The number of carbonyl (C=O) groups excluding carboxylic acids is 1. The second kappa shape index (κ2) is 4.94. The number of hydrogen-bond acceptors (Lipinski definition) is 3. The maximum atomic E-state index is 13.9. The highest BCUT2D eigenvalue weighted by Crippen LogP contribution is 2.29. The number of hydrogen-bond donors (Lipinski definition) is 2. The first-order chi connectivity index (χ1) is 8.52. The molecule has 2 rings (SSSR count). The summed E-state index contributed by atoms with van der Waals surface area (Å²) in [6.45, 7) is 4.79. The van der Waals surface area contributed by atoms with E-state index >= 15 is 0 Å². The Hall–Kier alpha value is -1.62. The van der Waals surface area contributed by atoms with Crippen molar-refractivity contribution >= 4 is 11.6 Å². The number of piperazine rings is 1. The van der Waals surface area contributed by atoms with E-state index < -0.39 is 6.04 Å². The van der Waals surface area contributed by atoms with Gasteiger partial charge in [-0.05, 0) is 26.0 Å². The summed E-state index contributed by atoms with van der Waals surface area (Å²) in [5.74, 6) is -0.359. The van der Waals surface area contributed by atoms with Crippen LogP contribution < -0.4 is 16.0 Å². The molecule has 1 aliphatic heterocycles. The minimum Gasteiger partial charge on any atom is -0.358 e. The van der Waals surface area contributed by atoms with Crippen LogP contribution in [0.15, 0.2) is 18.2 Å². The monoisotopic (exact) mass is 251 g/mol. The van der Waals surface area contributed by atoms with Gasteiger partial charge in [-0.25, -0.2) is 4.39 Å². The fourth-order valence-electron chi connectivity index (χ4n) is 2.34. The van der Waals surface area contributed by atoms with Gasteiger partial charge in [0, 0.05) is 30.4 Å². The van der Waals surface area contributed by atoms with Crippen LogP contribution in [0.25, 0.3) is 0 Å². The first-order valence-corrected chi connectivity index (χ1v) is 6.10. The number of amides is 1. The molecule has 0 bridgehead atoms. The van der Waals surface area contributed by atoms with E-state index in [0.29, 0.717) is 24.3 Å². The van der Waals surface area contributed by atoms with Gasteiger partial charge in [-0.2, -0.15) is 0 Å². The van der Waals surface area contributed by atoms with E-state index in [1.165, 1.54) is 6.07 Å². The van der Waals surface area contributed by atoms with E-state index in [1.54, 1.807) is 13.0 Å². The molecule has 1 heterocycles. The van der Waals surface area contributed by atoms with E-state index in [2.05, 4.69) is 5.32 Å². The molecule has 1 aromatic carbocycles. The van der Waals surface area contributed by atoms with E-state index in [0.717, 1.165) is 0 Å². The van der Waals surface area contributed by atoms with Gasteiger partial charge < -0.3 is 16.0 Å². The zero-order chi connectivity index (χ0) is 13.3. The lowest BCUT2D eigenvalue weighted by atomic mass is 10.0. The van der Waals surface area contributed by atoms with Crippen molar-refractivity contribution in [1.82, 2.24) is 5.32 Å². The minimum absolute atomic E-state index is 0.0406. The standard InChI is InChI=1S/C13H18FN3O/c1-8(15)12-10(14)4-3-5-11(12)17-7-6-16-13(18)9(17)2/h3-5,8-9H,6-7,15H2,1-2H3,(H,16,18)/t8-,9?/m1/s1. The third kappa shape index (κ3) is 2.18. The lowest BCUT2D eigenvalue weighted by Crippen LogP contribution is -2.54. The van der Waals surface area contributed by atoms with Crippen LogP contribution in [0.3, 0.4) is 0 Å². The molecular formula is C13H18FN3O. The van der Waals surface area contributed by atoms with Gasteiger partial charge in [-0.3, -0.25) is 4.79 Å². The van der Waals surface area contributed by atoms with Gasteiger partial charge >= 0.3 is 0 Å². The maximum absolute atomic E-state index is 13.9. The Kier molecular flexibility index (Phi) is 3.52. The Balaban J connectivity index is 2.44. The first-order valence-electron chi connectivity index (χ1n) is 6.10. The Bertz CT molecular complexity index is 462. The van der Waals surface area contributed by atoms with Gasteiger partial charge in [0.15, 0.2) is 0 Å². The van der Waals surface area contributed by atoms with Crippen LogP contribution in [0, 0.1) is 5.82 Å². The Morgan fingerprint density at radius 3 is 2.94 bits per heavy atom. The second-order valence-electron chi connectivity index (χ2n) is 4.62. The summed E-state index contributed by atoms with van der Waals surface area (Å²) in [5.41, 5.74) is 7.02. The molecule has 0 saturated carbocycles. The molecule has 5 heteroatoms. The summed E-state index contributed by atoms with van der Waals surface area (Å²) in [6.07, 6.45) is 0. The van der Waals surface area contributed by atoms with Gasteiger partial charge in [0.25, 0.3) is 0 Å². The van der Waals surface area contributed by atoms with Crippen molar-refractivity contribution in [3.63, 3.8) is 0 Å². The fourth-order valence-corrected chi connectivity index (χ4v) is 2.34. The fraction of sp³-hybridized carbons (Fsp3) is 0.462. The third-order valence-corrected chi connectivity index (χ3v) is 3.29. The van der Waals surface area contributed by atoms with Crippen molar-refractivity contribution < 1.29 is 9.18 Å². The lowest BCUT2D eigenvalue weighted by molar-refractivity contribution is -0.122. The molecule has 1 fully saturated rings. The summed E-state index contributed by atoms with van der Waals surface area (Å²) < 4.78 is 13.9. The van der Waals surface area contributed by atoms with Crippen LogP contribution in [-0.4, -0.2) is 25.0 Å². The molecule has 1 saturated heterocycles. The van der Waals surface area contributed by atoms with E-state index in [-0.39, 0.29) is 17.8 Å². The molecular weight excluding hydrogens is 233 g/mol. The Labute approximate surface area is 106 Å². The molecule has 18 heavy (non-hydrogen) atoms. The number of carbonyl (C=O) groups is 1. The molecule has 0 radical (unpaired) electrons. The van der Waals surface area contributed by atoms with Crippen molar-refractivity contribution in [2.45, 2.75) is 25.9 Å². The minimum atomic E-state index is -0.404. The molecule has 0 spiro atoms. The highest BCUT2D eigenvalue weighted by atomic mass is 19.1. The van der Waals surface area contributed by atoms with Crippen LogP contribution in [-0.2, 0) is 4.79 Å². The Morgan fingerprint density at radius 1 is 1.56 bits per heavy atom. The lowest BCUT2D eigenvalue weighted by Gasteiger charge is -2.36. The topological polar surface area (TPSA) is 58.4 Å². The third-order valence-electron chi connectivity index (χ3n) is 3.29. The highest BCUT2D eigenvalue weighted by Gasteiger charge is 2.28. The van der Waals surface area contributed by atoms with Crippen LogP contribution in [0.5, 0.6) is 0 Å². The summed E-state index contributed by atoms with van der Waals surface area (Å²) in [7, 11) is 0. The number of rotatable bonds is 2. The largest absolute Gasteiger partial charge is 0.358 e. The number of benzene rings is 1. The van der Waals surface area contributed by atoms with Gasteiger partial charge in [0.1, 0.15) is 11.9 Å². The normalized spacial score (nSPS) is 21.7. The van der Waals surface area contributed by atoms with Crippen molar-refractivity contribution in [3.8, 4) is 0 Å². The molecule has 0 aromatic heterocycles. The molecule has 3 N–H and O–H groups in total. The molecule has 1 unspecified atom stereocenters.